The highest BCUT2D eigenvalue weighted by Gasteiger charge is 2.37. The van der Waals surface area contributed by atoms with E-state index in [0.717, 1.165) is 4.90 Å². The standard InChI is InChI=1S/C16H16BrNO6S/c1-8(2)24-13(19)7-18-15(21)12(25-16(18)22)5-9-4-10(17)6-11(23-3)14(9)20/h4-6,8,20H,7H2,1-3H3/b12-5+. The van der Waals surface area contributed by atoms with Crippen LogP contribution < -0.4 is 4.74 Å². The number of aromatic hydroxyl groups is 1. The second kappa shape index (κ2) is 7.92. The van der Waals surface area contributed by atoms with Gasteiger partial charge in [-0.2, -0.15) is 0 Å². The Hall–Kier alpha value is -2.00. The van der Waals surface area contributed by atoms with E-state index in [-0.39, 0.29) is 22.5 Å². The van der Waals surface area contributed by atoms with Crippen LogP contribution in [0.1, 0.15) is 19.4 Å². The van der Waals surface area contributed by atoms with Crippen molar-refractivity contribution in [2.45, 2.75) is 20.0 Å². The number of hydrogen-bond donors (Lipinski definition) is 1. The van der Waals surface area contributed by atoms with Gasteiger partial charge in [-0.15, -0.1) is 0 Å². The van der Waals surface area contributed by atoms with Crippen LogP contribution in [0.2, 0.25) is 0 Å². The molecule has 1 aromatic carbocycles. The first-order chi connectivity index (χ1) is 11.7. The van der Waals surface area contributed by atoms with Gasteiger partial charge in [0.25, 0.3) is 11.1 Å². The molecule has 7 nitrogen and oxygen atoms in total. The van der Waals surface area contributed by atoms with E-state index in [9.17, 15) is 19.5 Å². The molecule has 9 heteroatoms. The van der Waals surface area contributed by atoms with Crippen molar-refractivity contribution in [3.8, 4) is 11.5 Å². The lowest BCUT2D eigenvalue weighted by Crippen LogP contribution is -2.35. The number of ether oxygens (including phenoxy) is 2. The monoisotopic (exact) mass is 429 g/mol. The minimum absolute atomic E-state index is 0.0952. The van der Waals surface area contributed by atoms with Gasteiger partial charge in [-0.05, 0) is 43.8 Å². The maximum Gasteiger partial charge on any atom is 0.326 e. The average molecular weight is 430 g/mol. The summed E-state index contributed by atoms with van der Waals surface area (Å²) in [5.41, 5.74) is 0.307. The Morgan fingerprint density at radius 3 is 2.68 bits per heavy atom. The van der Waals surface area contributed by atoms with E-state index in [1.54, 1.807) is 26.0 Å². The summed E-state index contributed by atoms with van der Waals surface area (Å²) in [7, 11) is 1.40. The van der Waals surface area contributed by atoms with Crippen molar-refractivity contribution >= 4 is 50.9 Å². The Balaban J connectivity index is 2.26. The molecule has 0 saturated carbocycles. The van der Waals surface area contributed by atoms with E-state index in [0.29, 0.717) is 21.8 Å². The fourth-order valence-electron chi connectivity index (χ4n) is 2.07. The Morgan fingerprint density at radius 1 is 1.40 bits per heavy atom. The van der Waals surface area contributed by atoms with Crippen molar-refractivity contribution < 1.29 is 29.0 Å². The fourth-order valence-corrected chi connectivity index (χ4v) is 3.35. The molecule has 1 aliphatic rings. The minimum atomic E-state index is -0.662. The smallest absolute Gasteiger partial charge is 0.326 e. The summed E-state index contributed by atoms with van der Waals surface area (Å²) in [4.78, 5) is 37.0. The summed E-state index contributed by atoms with van der Waals surface area (Å²) in [5, 5.41) is 9.58. The van der Waals surface area contributed by atoms with Crippen molar-refractivity contribution in [1.29, 1.82) is 0 Å². The molecule has 1 aromatic rings. The number of phenols is 1. The number of halogens is 1. The number of rotatable bonds is 5. The highest BCUT2D eigenvalue weighted by atomic mass is 79.9. The molecule has 1 N–H and O–H groups in total. The van der Waals surface area contributed by atoms with Crippen LogP contribution in [0.3, 0.4) is 0 Å². The van der Waals surface area contributed by atoms with E-state index in [1.165, 1.54) is 13.2 Å². The molecule has 1 saturated heterocycles. The second-order valence-corrected chi connectivity index (χ2v) is 7.26. The number of thioether (sulfide) groups is 1. The van der Waals surface area contributed by atoms with Crippen LogP contribution in [0.25, 0.3) is 6.08 Å². The highest BCUT2D eigenvalue weighted by Crippen LogP contribution is 2.38. The molecule has 0 aromatic heterocycles. The van der Waals surface area contributed by atoms with Gasteiger partial charge in [0.05, 0.1) is 18.1 Å². The predicted molar refractivity (Wildman–Crippen MR) is 96.3 cm³/mol. The van der Waals surface area contributed by atoms with Gasteiger partial charge in [-0.25, -0.2) is 0 Å². The molecule has 0 spiro atoms. The van der Waals surface area contributed by atoms with Gasteiger partial charge in [0.2, 0.25) is 0 Å². The summed E-state index contributed by atoms with van der Waals surface area (Å²) in [6.07, 6.45) is 1.04. The molecular formula is C16H16BrNO6S. The SMILES string of the molecule is COc1cc(Br)cc(/C=C2/SC(=O)N(CC(=O)OC(C)C)C2=O)c1O. The van der Waals surface area contributed by atoms with Gasteiger partial charge in [-0.3, -0.25) is 19.3 Å². The van der Waals surface area contributed by atoms with Crippen LogP contribution in [-0.4, -0.2) is 46.9 Å². The zero-order chi connectivity index (χ0) is 18.7. The van der Waals surface area contributed by atoms with Gasteiger partial charge in [0, 0.05) is 10.0 Å². The number of benzene rings is 1. The van der Waals surface area contributed by atoms with E-state index in [2.05, 4.69) is 15.9 Å². The molecule has 0 aliphatic carbocycles. The molecule has 0 unspecified atom stereocenters. The van der Waals surface area contributed by atoms with Gasteiger partial charge in [0.15, 0.2) is 11.5 Å². The van der Waals surface area contributed by atoms with Crippen molar-refractivity contribution in [3.05, 3.63) is 27.1 Å². The number of amides is 2. The number of carbonyl (C=O) groups excluding carboxylic acids is 3. The molecule has 1 heterocycles. The number of nitrogens with zero attached hydrogens (tertiary/aromatic N) is 1. The normalized spacial score (nSPS) is 16.0. The summed E-state index contributed by atoms with van der Waals surface area (Å²) >= 11 is 3.97. The number of imide groups is 1. The Labute approximate surface area is 157 Å². The maximum absolute atomic E-state index is 12.4. The third kappa shape index (κ3) is 4.55. The number of carbonyl (C=O) groups is 3. The van der Waals surface area contributed by atoms with E-state index in [1.807, 2.05) is 0 Å². The molecule has 25 heavy (non-hydrogen) atoms. The van der Waals surface area contributed by atoms with Crippen LogP contribution in [0.15, 0.2) is 21.5 Å². The van der Waals surface area contributed by atoms with Gasteiger partial charge < -0.3 is 14.6 Å². The molecule has 0 bridgehead atoms. The maximum atomic E-state index is 12.4. The minimum Gasteiger partial charge on any atom is -0.504 e. The average Bonchev–Trinajstić information content (AvgIpc) is 2.77. The lowest BCUT2D eigenvalue weighted by molar-refractivity contribution is -0.149. The third-order valence-corrected chi connectivity index (χ3v) is 4.47. The van der Waals surface area contributed by atoms with Crippen LogP contribution in [-0.2, 0) is 14.3 Å². The molecule has 2 amide bonds. The summed E-state index contributed by atoms with van der Waals surface area (Å²) in [5.74, 6) is -1.21. The van der Waals surface area contributed by atoms with Crippen molar-refractivity contribution in [2.75, 3.05) is 13.7 Å². The van der Waals surface area contributed by atoms with Crippen LogP contribution in [0, 0.1) is 0 Å². The van der Waals surface area contributed by atoms with Crippen LogP contribution in [0.4, 0.5) is 4.79 Å². The quantitative estimate of drug-likeness (QED) is 0.567. The second-order valence-electron chi connectivity index (χ2n) is 5.35. The number of phenolic OH excluding ortho intramolecular Hbond substituents is 1. The molecule has 134 valence electrons. The third-order valence-electron chi connectivity index (χ3n) is 3.10. The first-order valence-corrected chi connectivity index (χ1v) is 8.85. The molecular weight excluding hydrogens is 414 g/mol. The first-order valence-electron chi connectivity index (χ1n) is 7.24. The van der Waals surface area contributed by atoms with Gasteiger partial charge in [0.1, 0.15) is 6.54 Å². The first kappa shape index (κ1) is 19.3. The fraction of sp³-hybridized carbons (Fsp3) is 0.312. The predicted octanol–water partition coefficient (Wildman–Crippen LogP) is 3.15. The Kier molecular flexibility index (Phi) is 6.12. The topological polar surface area (TPSA) is 93.1 Å². The summed E-state index contributed by atoms with van der Waals surface area (Å²) < 4.78 is 10.6. The molecule has 1 aliphatic heterocycles. The van der Waals surface area contributed by atoms with Crippen molar-refractivity contribution in [2.24, 2.45) is 0 Å². The zero-order valence-corrected chi connectivity index (χ0v) is 16.1. The number of hydrogen-bond acceptors (Lipinski definition) is 7. The number of esters is 1. The number of methoxy groups -OCH3 is 1. The molecule has 0 radical (unpaired) electrons. The lowest BCUT2D eigenvalue weighted by atomic mass is 10.1. The highest BCUT2D eigenvalue weighted by molar-refractivity contribution is 9.10. The Bertz CT molecular complexity index is 761. The van der Waals surface area contributed by atoms with Crippen LogP contribution in [0.5, 0.6) is 11.5 Å². The molecule has 2 rings (SSSR count). The van der Waals surface area contributed by atoms with Crippen LogP contribution >= 0.6 is 27.7 Å². The van der Waals surface area contributed by atoms with Crippen molar-refractivity contribution in [1.82, 2.24) is 4.90 Å². The van der Waals surface area contributed by atoms with E-state index >= 15 is 0 Å². The summed E-state index contributed by atoms with van der Waals surface area (Å²) in [6, 6.07) is 3.15. The van der Waals surface area contributed by atoms with Crippen molar-refractivity contribution in [3.63, 3.8) is 0 Å². The summed E-state index contributed by atoms with van der Waals surface area (Å²) in [6.45, 7) is 2.90. The lowest BCUT2D eigenvalue weighted by Gasteiger charge is -2.13. The van der Waals surface area contributed by atoms with E-state index < -0.39 is 23.7 Å². The van der Waals surface area contributed by atoms with Gasteiger partial charge >= 0.3 is 5.97 Å². The molecule has 1 fully saturated rings. The Morgan fingerprint density at radius 2 is 2.08 bits per heavy atom. The zero-order valence-electron chi connectivity index (χ0n) is 13.7. The largest absolute Gasteiger partial charge is 0.504 e. The molecule has 0 atom stereocenters. The van der Waals surface area contributed by atoms with E-state index in [4.69, 9.17) is 9.47 Å². The van der Waals surface area contributed by atoms with Gasteiger partial charge in [-0.1, -0.05) is 15.9 Å².